The Morgan fingerprint density at radius 2 is 1.67 bits per heavy atom. The molecule has 1 aliphatic carbocycles. The Hall–Kier alpha value is -3.41. The summed E-state index contributed by atoms with van der Waals surface area (Å²) in [6.07, 6.45) is 5.13. The van der Waals surface area contributed by atoms with E-state index in [9.17, 15) is 14.4 Å². The van der Waals surface area contributed by atoms with Gasteiger partial charge in [0.15, 0.2) is 0 Å². The number of benzene rings is 2. The highest BCUT2D eigenvalue weighted by Crippen LogP contribution is 2.19. The monoisotopic (exact) mass is 363 g/mol. The normalized spacial score (nSPS) is 13.2. The average molecular weight is 363 g/mol. The van der Waals surface area contributed by atoms with E-state index in [4.69, 9.17) is 0 Å². The van der Waals surface area contributed by atoms with Gasteiger partial charge in [-0.2, -0.15) is 0 Å². The zero-order valence-electron chi connectivity index (χ0n) is 15.0. The van der Waals surface area contributed by atoms with Crippen LogP contribution in [0.3, 0.4) is 0 Å². The van der Waals surface area contributed by atoms with Crippen LogP contribution in [0.5, 0.6) is 0 Å². The first-order valence-electron chi connectivity index (χ1n) is 8.78. The predicted molar refractivity (Wildman–Crippen MR) is 104 cm³/mol. The van der Waals surface area contributed by atoms with Gasteiger partial charge in [-0.15, -0.1) is 0 Å². The smallest absolute Gasteiger partial charge is 0.253 e. The molecule has 27 heavy (non-hydrogen) atoms. The SMILES string of the molecule is CNC(=O)c1ccccc1NC(=O)/C=C/c1ccc(C(=O)NC2CC2)cc1. The van der Waals surface area contributed by atoms with Crippen LogP contribution in [0.2, 0.25) is 0 Å². The molecule has 1 saturated carbocycles. The highest BCUT2D eigenvalue weighted by Gasteiger charge is 2.23. The standard InChI is InChI=1S/C21H21N3O3/c1-22-21(27)17-4-2-3-5-18(17)24-19(25)13-8-14-6-9-15(10-7-14)20(26)23-16-11-12-16/h2-10,13,16H,11-12H2,1H3,(H,22,27)(H,23,26)(H,24,25)/b13-8+. The number of carbonyl (C=O) groups is 3. The molecular weight excluding hydrogens is 342 g/mol. The van der Waals surface area contributed by atoms with Crippen LogP contribution in [0.4, 0.5) is 5.69 Å². The third-order valence-electron chi connectivity index (χ3n) is 4.17. The van der Waals surface area contributed by atoms with Gasteiger partial charge in [-0.05, 0) is 48.7 Å². The summed E-state index contributed by atoms with van der Waals surface area (Å²) in [6.45, 7) is 0. The van der Waals surface area contributed by atoms with Crippen molar-refractivity contribution in [3.63, 3.8) is 0 Å². The number of para-hydroxylation sites is 1. The molecule has 3 N–H and O–H groups in total. The van der Waals surface area contributed by atoms with Crippen LogP contribution in [0.1, 0.15) is 39.1 Å². The molecule has 2 aromatic rings. The number of anilines is 1. The fourth-order valence-corrected chi connectivity index (χ4v) is 2.51. The Morgan fingerprint density at radius 3 is 2.33 bits per heavy atom. The molecular formula is C21H21N3O3. The van der Waals surface area contributed by atoms with Crippen molar-refractivity contribution < 1.29 is 14.4 Å². The Bertz CT molecular complexity index is 884. The van der Waals surface area contributed by atoms with Crippen molar-refractivity contribution in [3.8, 4) is 0 Å². The van der Waals surface area contributed by atoms with Crippen molar-refractivity contribution in [2.24, 2.45) is 0 Å². The van der Waals surface area contributed by atoms with Crippen molar-refractivity contribution in [1.29, 1.82) is 0 Å². The van der Waals surface area contributed by atoms with E-state index in [1.807, 2.05) is 0 Å². The van der Waals surface area contributed by atoms with Crippen molar-refractivity contribution >= 4 is 29.5 Å². The number of hydrogen-bond donors (Lipinski definition) is 3. The number of nitrogens with one attached hydrogen (secondary N) is 3. The van der Waals surface area contributed by atoms with Gasteiger partial charge < -0.3 is 16.0 Å². The molecule has 1 fully saturated rings. The lowest BCUT2D eigenvalue weighted by molar-refractivity contribution is -0.111. The minimum atomic E-state index is -0.345. The molecule has 0 unspecified atom stereocenters. The lowest BCUT2D eigenvalue weighted by Gasteiger charge is -2.08. The molecule has 6 nitrogen and oxygen atoms in total. The van der Waals surface area contributed by atoms with E-state index >= 15 is 0 Å². The summed E-state index contributed by atoms with van der Waals surface area (Å²) >= 11 is 0. The van der Waals surface area contributed by atoms with Crippen LogP contribution in [-0.4, -0.2) is 30.8 Å². The Balaban J connectivity index is 1.61. The first-order chi connectivity index (χ1) is 13.1. The highest BCUT2D eigenvalue weighted by atomic mass is 16.2. The van der Waals surface area contributed by atoms with Gasteiger partial charge in [-0.1, -0.05) is 24.3 Å². The second-order valence-corrected chi connectivity index (χ2v) is 6.32. The quantitative estimate of drug-likeness (QED) is 0.690. The molecule has 0 atom stereocenters. The lowest BCUT2D eigenvalue weighted by Crippen LogP contribution is -2.25. The van der Waals surface area contributed by atoms with Gasteiger partial charge in [0.25, 0.3) is 11.8 Å². The molecule has 0 aromatic heterocycles. The van der Waals surface area contributed by atoms with E-state index in [1.165, 1.54) is 13.1 Å². The third kappa shape index (κ3) is 5.04. The van der Waals surface area contributed by atoms with E-state index in [-0.39, 0.29) is 17.7 Å². The average Bonchev–Trinajstić information content (AvgIpc) is 3.50. The zero-order chi connectivity index (χ0) is 19.2. The summed E-state index contributed by atoms with van der Waals surface area (Å²) in [5.74, 6) is -0.687. The van der Waals surface area contributed by atoms with E-state index in [1.54, 1.807) is 54.6 Å². The minimum Gasteiger partial charge on any atom is -0.355 e. The summed E-state index contributed by atoms with van der Waals surface area (Å²) in [6, 6.07) is 14.1. The first kappa shape index (κ1) is 18.4. The van der Waals surface area contributed by atoms with Crippen molar-refractivity contribution in [2.75, 3.05) is 12.4 Å². The molecule has 0 bridgehead atoms. The molecule has 3 rings (SSSR count). The van der Waals surface area contributed by atoms with Crippen LogP contribution in [-0.2, 0) is 4.79 Å². The molecule has 3 amide bonds. The van der Waals surface area contributed by atoms with E-state index in [2.05, 4.69) is 16.0 Å². The number of hydrogen-bond acceptors (Lipinski definition) is 3. The van der Waals surface area contributed by atoms with Gasteiger partial charge in [-0.25, -0.2) is 0 Å². The maximum atomic E-state index is 12.2. The summed E-state index contributed by atoms with van der Waals surface area (Å²) < 4.78 is 0. The zero-order valence-corrected chi connectivity index (χ0v) is 15.0. The Labute approximate surface area is 157 Å². The van der Waals surface area contributed by atoms with Gasteiger partial charge >= 0.3 is 0 Å². The summed E-state index contributed by atoms with van der Waals surface area (Å²) in [7, 11) is 1.54. The van der Waals surface area contributed by atoms with Gasteiger partial charge in [0.05, 0.1) is 11.3 Å². The molecule has 0 saturated heterocycles. The maximum absolute atomic E-state index is 12.2. The maximum Gasteiger partial charge on any atom is 0.253 e. The van der Waals surface area contributed by atoms with Crippen molar-refractivity contribution in [1.82, 2.24) is 10.6 Å². The molecule has 0 heterocycles. The molecule has 0 aliphatic heterocycles. The topological polar surface area (TPSA) is 87.3 Å². The number of amides is 3. The fourth-order valence-electron chi connectivity index (χ4n) is 2.51. The fraction of sp³-hybridized carbons (Fsp3) is 0.190. The van der Waals surface area contributed by atoms with Crippen molar-refractivity contribution in [2.45, 2.75) is 18.9 Å². The van der Waals surface area contributed by atoms with Crippen LogP contribution in [0.15, 0.2) is 54.6 Å². The largest absolute Gasteiger partial charge is 0.355 e. The van der Waals surface area contributed by atoms with Gasteiger partial charge in [0.2, 0.25) is 5.91 Å². The molecule has 0 radical (unpaired) electrons. The summed E-state index contributed by atoms with van der Waals surface area (Å²) in [5.41, 5.74) is 2.24. The summed E-state index contributed by atoms with van der Waals surface area (Å²) in [5, 5.41) is 8.18. The number of carbonyl (C=O) groups excluding carboxylic acids is 3. The second-order valence-electron chi connectivity index (χ2n) is 6.32. The van der Waals surface area contributed by atoms with Crippen LogP contribution < -0.4 is 16.0 Å². The van der Waals surface area contributed by atoms with Crippen LogP contribution in [0, 0.1) is 0 Å². The molecule has 6 heteroatoms. The lowest BCUT2D eigenvalue weighted by atomic mass is 10.1. The predicted octanol–water partition coefficient (Wildman–Crippen LogP) is 2.59. The third-order valence-corrected chi connectivity index (χ3v) is 4.17. The van der Waals surface area contributed by atoms with Gasteiger partial charge in [0.1, 0.15) is 0 Å². The van der Waals surface area contributed by atoms with Gasteiger partial charge in [-0.3, -0.25) is 14.4 Å². The number of rotatable bonds is 6. The van der Waals surface area contributed by atoms with E-state index < -0.39 is 0 Å². The highest BCUT2D eigenvalue weighted by molar-refractivity contribution is 6.07. The van der Waals surface area contributed by atoms with Crippen LogP contribution >= 0.6 is 0 Å². The molecule has 0 spiro atoms. The Kier molecular flexibility index (Phi) is 5.66. The Morgan fingerprint density at radius 1 is 0.963 bits per heavy atom. The molecule has 138 valence electrons. The summed E-state index contributed by atoms with van der Waals surface area (Å²) in [4.78, 5) is 36.0. The minimum absolute atomic E-state index is 0.0726. The van der Waals surface area contributed by atoms with Crippen LogP contribution in [0.25, 0.3) is 6.08 Å². The molecule has 2 aromatic carbocycles. The first-order valence-corrected chi connectivity index (χ1v) is 8.78. The molecule has 1 aliphatic rings. The van der Waals surface area contributed by atoms with E-state index in [0.29, 0.717) is 22.9 Å². The van der Waals surface area contributed by atoms with E-state index in [0.717, 1.165) is 18.4 Å². The van der Waals surface area contributed by atoms with Gasteiger partial charge in [0, 0.05) is 24.7 Å². The second kappa shape index (κ2) is 8.31. The van der Waals surface area contributed by atoms with Crippen molar-refractivity contribution in [3.05, 3.63) is 71.3 Å².